The first-order valence-corrected chi connectivity index (χ1v) is 25.6. The van der Waals surface area contributed by atoms with Crippen LogP contribution in [0.25, 0.3) is 0 Å². The fourth-order valence-electron chi connectivity index (χ4n) is 6.86. The molecule has 0 aromatic heterocycles. The van der Waals surface area contributed by atoms with Gasteiger partial charge in [0.2, 0.25) is 0 Å². The molecule has 0 bridgehead atoms. The highest BCUT2D eigenvalue weighted by molar-refractivity contribution is 5.71. The first-order valence-electron chi connectivity index (χ1n) is 25.6. The molecule has 0 heterocycles. The van der Waals surface area contributed by atoms with Gasteiger partial charge in [-0.3, -0.25) is 14.4 Å². The number of rotatable bonds is 45. The summed E-state index contributed by atoms with van der Waals surface area (Å²) in [5.41, 5.74) is 0. The molecule has 0 aromatic rings. The second-order valence-corrected chi connectivity index (χ2v) is 16.7. The number of hydrogen-bond acceptors (Lipinski definition) is 6. The third kappa shape index (κ3) is 47.6. The van der Waals surface area contributed by atoms with Crippen molar-refractivity contribution in [3.05, 3.63) is 85.1 Å². The van der Waals surface area contributed by atoms with E-state index in [0.717, 1.165) is 122 Å². The van der Waals surface area contributed by atoms with Gasteiger partial charge in [0.05, 0.1) is 0 Å². The van der Waals surface area contributed by atoms with Crippen molar-refractivity contribution < 1.29 is 28.6 Å². The lowest BCUT2D eigenvalue weighted by molar-refractivity contribution is -0.167. The zero-order valence-corrected chi connectivity index (χ0v) is 40.4. The quantitative estimate of drug-likeness (QED) is 0.0263. The number of unbranched alkanes of at least 4 members (excludes halogenated alkanes) is 20. The fraction of sp³-hybridized carbons (Fsp3) is 0.696. The maximum absolute atomic E-state index is 12.8. The van der Waals surface area contributed by atoms with Gasteiger partial charge in [0.15, 0.2) is 6.10 Å². The van der Waals surface area contributed by atoms with Crippen LogP contribution in [0.1, 0.15) is 233 Å². The maximum Gasteiger partial charge on any atom is 0.306 e. The molecule has 0 unspecified atom stereocenters. The van der Waals surface area contributed by atoms with Crippen molar-refractivity contribution in [3.63, 3.8) is 0 Å². The van der Waals surface area contributed by atoms with E-state index < -0.39 is 6.10 Å². The topological polar surface area (TPSA) is 78.9 Å². The van der Waals surface area contributed by atoms with Crippen LogP contribution in [0.4, 0.5) is 0 Å². The first-order chi connectivity index (χ1) is 30.5. The number of allylic oxidation sites excluding steroid dienone is 14. The summed E-state index contributed by atoms with van der Waals surface area (Å²) >= 11 is 0. The van der Waals surface area contributed by atoms with Gasteiger partial charge in [-0.25, -0.2) is 0 Å². The van der Waals surface area contributed by atoms with E-state index in [1.807, 2.05) is 0 Å². The summed E-state index contributed by atoms with van der Waals surface area (Å²) in [4.78, 5) is 38.0. The van der Waals surface area contributed by atoms with Crippen LogP contribution >= 0.6 is 0 Å². The zero-order valence-electron chi connectivity index (χ0n) is 40.4. The van der Waals surface area contributed by atoms with E-state index in [1.165, 1.54) is 70.6 Å². The highest BCUT2D eigenvalue weighted by atomic mass is 16.6. The summed E-state index contributed by atoms with van der Waals surface area (Å²) in [6, 6.07) is 0. The van der Waals surface area contributed by atoms with Gasteiger partial charge in [0.1, 0.15) is 13.2 Å². The molecule has 0 spiro atoms. The standard InChI is InChI=1S/C56H94O6/c1-4-7-10-13-16-19-22-25-28-31-34-37-40-43-46-49-55(58)61-52-53(51-60-54(57)48-45-42-39-36-33-30-27-24-21-18-15-12-9-6-3)62-56(59)50-47-44-41-38-35-32-29-26-23-20-17-14-11-8-5-2/h7-8,10-11,16-17,19-20,25-26,28-29,34,37,53H,4-6,9,12-15,18,21-24,27,30-33,35-36,38-52H2,1-3H3/b10-7-,11-8-,19-16-,20-17-,28-25-,29-26-,37-34-/t53-/m1/s1. The van der Waals surface area contributed by atoms with Gasteiger partial charge in [0.25, 0.3) is 0 Å². The van der Waals surface area contributed by atoms with Crippen LogP contribution in [0, 0.1) is 0 Å². The summed E-state index contributed by atoms with van der Waals surface area (Å²) in [7, 11) is 0. The average molecular weight is 863 g/mol. The summed E-state index contributed by atoms with van der Waals surface area (Å²) < 4.78 is 16.7. The normalized spacial score (nSPS) is 12.8. The predicted molar refractivity (Wildman–Crippen MR) is 265 cm³/mol. The number of ether oxygens (including phenoxy) is 3. The van der Waals surface area contributed by atoms with E-state index in [0.29, 0.717) is 19.3 Å². The van der Waals surface area contributed by atoms with E-state index in [2.05, 4.69) is 106 Å². The lowest BCUT2D eigenvalue weighted by atomic mass is 10.0. The lowest BCUT2D eigenvalue weighted by Gasteiger charge is -2.18. The molecule has 0 saturated heterocycles. The Labute approximate surface area is 382 Å². The van der Waals surface area contributed by atoms with E-state index in [9.17, 15) is 14.4 Å². The number of carbonyl (C=O) groups excluding carboxylic acids is 3. The van der Waals surface area contributed by atoms with Crippen molar-refractivity contribution in [2.45, 2.75) is 239 Å². The van der Waals surface area contributed by atoms with Gasteiger partial charge in [0, 0.05) is 19.3 Å². The van der Waals surface area contributed by atoms with Gasteiger partial charge < -0.3 is 14.2 Å². The smallest absolute Gasteiger partial charge is 0.306 e. The van der Waals surface area contributed by atoms with Crippen molar-refractivity contribution in [2.24, 2.45) is 0 Å². The van der Waals surface area contributed by atoms with E-state index >= 15 is 0 Å². The number of carbonyl (C=O) groups is 3. The molecule has 6 nitrogen and oxygen atoms in total. The average Bonchev–Trinajstić information content (AvgIpc) is 3.27. The molecule has 0 amide bonds. The Kier molecular flexibility index (Phi) is 47.5. The maximum atomic E-state index is 12.8. The molecule has 0 N–H and O–H groups in total. The summed E-state index contributed by atoms with van der Waals surface area (Å²) in [6.45, 7) is 6.36. The number of hydrogen-bond donors (Lipinski definition) is 0. The Balaban J connectivity index is 4.48. The van der Waals surface area contributed by atoms with Crippen LogP contribution in [0.3, 0.4) is 0 Å². The molecule has 62 heavy (non-hydrogen) atoms. The SMILES string of the molecule is CC/C=C\C/C=C\C/C=C\C/C=C\CCCCC(=O)OC[C@@H](COC(=O)CCCCCCCCCCCCCCCC)OC(=O)CCCCCCC/C=C\C/C=C\C/C=C\CC. The van der Waals surface area contributed by atoms with Gasteiger partial charge in [-0.05, 0) is 89.9 Å². The molecular formula is C56H94O6. The van der Waals surface area contributed by atoms with Crippen LogP contribution in [0.2, 0.25) is 0 Å². The van der Waals surface area contributed by atoms with Crippen molar-refractivity contribution in [3.8, 4) is 0 Å². The fourth-order valence-corrected chi connectivity index (χ4v) is 6.86. The van der Waals surface area contributed by atoms with Gasteiger partial charge >= 0.3 is 17.9 Å². The van der Waals surface area contributed by atoms with Gasteiger partial charge in [-0.15, -0.1) is 0 Å². The Hall–Kier alpha value is -3.41. The minimum absolute atomic E-state index is 0.0957. The first kappa shape index (κ1) is 58.6. The second kappa shape index (κ2) is 50.2. The molecule has 1 atom stereocenters. The second-order valence-electron chi connectivity index (χ2n) is 16.7. The van der Waals surface area contributed by atoms with Crippen LogP contribution in [-0.4, -0.2) is 37.2 Å². The monoisotopic (exact) mass is 863 g/mol. The lowest BCUT2D eigenvalue weighted by Crippen LogP contribution is -2.30. The Morgan fingerprint density at radius 1 is 0.339 bits per heavy atom. The van der Waals surface area contributed by atoms with Crippen molar-refractivity contribution in [2.75, 3.05) is 13.2 Å². The third-order valence-corrected chi connectivity index (χ3v) is 10.6. The van der Waals surface area contributed by atoms with Crippen molar-refractivity contribution in [1.29, 1.82) is 0 Å². The highest BCUT2D eigenvalue weighted by Gasteiger charge is 2.19. The van der Waals surface area contributed by atoms with E-state index in [-0.39, 0.29) is 31.1 Å². The van der Waals surface area contributed by atoms with Crippen LogP contribution < -0.4 is 0 Å². The van der Waals surface area contributed by atoms with Gasteiger partial charge in [-0.1, -0.05) is 209 Å². The van der Waals surface area contributed by atoms with Crippen LogP contribution in [0.5, 0.6) is 0 Å². The molecule has 0 aromatic carbocycles. The van der Waals surface area contributed by atoms with Crippen LogP contribution in [-0.2, 0) is 28.6 Å². The Morgan fingerprint density at radius 2 is 0.629 bits per heavy atom. The molecule has 6 heteroatoms. The largest absolute Gasteiger partial charge is 0.462 e. The summed E-state index contributed by atoms with van der Waals surface area (Å²) in [6.07, 6.45) is 64.2. The molecule has 0 saturated carbocycles. The summed E-state index contributed by atoms with van der Waals surface area (Å²) in [5, 5.41) is 0. The van der Waals surface area contributed by atoms with Crippen LogP contribution in [0.15, 0.2) is 85.1 Å². The zero-order chi connectivity index (χ0) is 45.1. The molecule has 0 fully saturated rings. The molecule has 0 aliphatic carbocycles. The molecule has 0 aliphatic heterocycles. The van der Waals surface area contributed by atoms with Crippen molar-refractivity contribution in [1.82, 2.24) is 0 Å². The number of esters is 3. The van der Waals surface area contributed by atoms with E-state index in [1.54, 1.807) is 0 Å². The minimum Gasteiger partial charge on any atom is -0.462 e. The Morgan fingerprint density at radius 3 is 1.02 bits per heavy atom. The minimum atomic E-state index is -0.800. The molecule has 0 aliphatic rings. The molecule has 354 valence electrons. The molecule has 0 radical (unpaired) electrons. The molecular weight excluding hydrogens is 769 g/mol. The van der Waals surface area contributed by atoms with Gasteiger partial charge in [-0.2, -0.15) is 0 Å². The predicted octanol–water partition coefficient (Wildman–Crippen LogP) is 16.8. The third-order valence-electron chi connectivity index (χ3n) is 10.6. The Bertz CT molecular complexity index is 1220. The van der Waals surface area contributed by atoms with Crippen molar-refractivity contribution >= 4 is 17.9 Å². The summed E-state index contributed by atoms with van der Waals surface area (Å²) in [5.74, 6) is -0.956. The van der Waals surface area contributed by atoms with E-state index in [4.69, 9.17) is 14.2 Å². The highest BCUT2D eigenvalue weighted by Crippen LogP contribution is 2.15. The molecule has 0 rings (SSSR count).